The summed E-state index contributed by atoms with van der Waals surface area (Å²) < 4.78 is 5.62. The number of aryl methyl sites for hydroxylation is 2. The van der Waals surface area contributed by atoms with Crippen LogP contribution in [0.2, 0.25) is 0 Å². The fraction of sp³-hybridized carbons (Fsp3) is 0.350. The van der Waals surface area contributed by atoms with Gasteiger partial charge in [0.15, 0.2) is 0 Å². The maximum Gasteiger partial charge on any atom is 0.220 e. The summed E-state index contributed by atoms with van der Waals surface area (Å²) in [5.74, 6) is 1.32. The van der Waals surface area contributed by atoms with Crippen molar-refractivity contribution in [1.82, 2.24) is 5.32 Å². The third-order valence-corrected chi connectivity index (χ3v) is 4.40. The number of carbonyl (C=O) groups excluding carboxylic acids is 1. The Morgan fingerprint density at radius 3 is 2.78 bits per heavy atom. The molecule has 0 saturated carbocycles. The molecule has 0 spiro atoms. The van der Waals surface area contributed by atoms with Crippen LogP contribution in [-0.4, -0.2) is 19.1 Å². The van der Waals surface area contributed by atoms with Crippen molar-refractivity contribution >= 4 is 5.91 Å². The van der Waals surface area contributed by atoms with E-state index in [4.69, 9.17) is 4.74 Å². The molecule has 0 radical (unpaired) electrons. The van der Waals surface area contributed by atoms with Crippen molar-refractivity contribution in [1.29, 1.82) is 0 Å². The van der Waals surface area contributed by atoms with Crippen molar-refractivity contribution in [3.63, 3.8) is 0 Å². The molecular weight excluding hydrogens is 286 g/mol. The van der Waals surface area contributed by atoms with Crippen molar-refractivity contribution in [2.24, 2.45) is 0 Å². The molecule has 0 aliphatic heterocycles. The van der Waals surface area contributed by atoms with E-state index in [0.29, 0.717) is 25.5 Å². The second kappa shape index (κ2) is 7.32. The molecule has 23 heavy (non-hydrogen) atoms. The first-order valence-electron chi connectivity index (χ1n) is 8.26. The van der Waals surface area contributed by atoms with E-state index in [2.05, 4.69) is 29.6 Å². The summed E-state index contributed by atoms with van der Waals surface area (Å²) in [6, 6.07) is 16.4. The average molecular weight is 309 g/mol. The van der Waals surface area contributed by atoms with Crippen LogP contribution in [0, 0.1) is 6.92 Å². The van der Waals surface area contributed by atoms with Gasteiger partial charge in [-0.15, -0.1) is 0 Å². The number of carbonyl (C=O) groups is 1. The van der Waals surface area contributed by atoms with Gasteiger partial charge in [0.05, 0.1) is 6.54 Å². The van der Waals surface area contributed by atoms with Gasteiger partial charge < -0.3 is 10.1 Å². The summed E-state index contributed by atoms with van der Waals surface area (Å²) in [5.41, 5.74) is 3.95. The standard InChI is InChI=1S/C20H23NO2/c1-15-6-10-18(11-7-15)23-13-12-21-20(22)14-17-9-8-16-4-2-3-5-19(16)17/h2-7,10-11,17H,8-9,12-14H2,1H3,(H,21,22). The number of hydrogen-bond donors (Lipinski definition) is 1. The predicted molar refractivity (Wildman–Crippen MR) is 91.8 cm³/mol. The zero-order valence-electron chi connectivity index (χ0n) is 13.5. The lowest BCUT2D eigenvalue weighted by atomic mass is 9.97. The van der Waals surface area contributed by atoms with Crippen LogP contribution >= 0.6 is 0 Å². The van der Waals surface area contributed by atoms with Gasteiger partial charge in [0.25, 0.3) is 0 Å². The number of ether oxygens (including phenoxy) is 1. The van der Waals surface area contributed by atoms with Crippen LogP contribution < -0.4 is 10.1 Å². The van der Waals surface area contributed by atoms with Crippen LogP contribution in [0.4, 0.5) is 0 Å². The van der Waals surface area contributed by atoms with Gasteiger partial charge in [-0.2, -0.15) is 0 Å². The fourth-order valence-electron chi connectivity index (χ4n) is 3.15. The monoisotopic (exact) mass is 309 g/mol. The van der Waals surface area contributed by atoms with Crippen LogP contribution in [-0.2, 0) is 11.2 Å². The lowest BCUT2D eigenvalue weighted by molar-refractivity contribution is -0.121. The maximum absolute atomic E-state index is 12.1. The zero-order chi connectivity index (χ0) is 16.1. The largest absolute Gasteiger partial charge is 0.492 e. The Labute approximate surface area is 137 Å². The van der Waals surface area contributed by atoms with E-state index in [0.717, 1.165) is 18.6 Å². The number of amides is 1. The Balaban J connectivity index is 1.40. The number of nitrogens with one attached hydrogen (secondary N) is 1. The molecule has 0 fully saturated rings. The highest BCUT2D eigenvalue weighted by Crippen LogP contribution is 2.34. The molecule has 0 aromatic heterocycles. The molecule has 1 aliphatic rings. The SMILES string of the molecule is Cc1ccc(OCCNC(=O)CC2CCc3ccccc32)cc1. The Bertz CT molecular complexity index is 664. The molecule has 1 N–H and O–H groups in total. The third kappa shape index (κ3) is 4.13. The summed E-state index contributed by atoms with van der Waals surface area (Å²) in [4.78, 5) is 12.1. The Morgan fingerprint density at radius 2 is 1.96 bits per heavy atom. The van der Waals surface area contributed by atoms with Gasteiger partial charge in [-0.25, -0.2) is 0 Å². The van der Waals surface area contributed by atoms with E-state index in [1.54, 1.807) is 0 Å². The molecule has 3 nitrogen and oxygen atoms in total. The molecule has 2 aromatic rings. The molecule has 120 valence electrons. The van der Waals surface area contributed by atoms with E-state index >= 15 is 0 Å². The zero-order valence-corrected chi connectivity index (χ0v) is 13.5. The Morgan fingerprint density at radius 1 is 1.17 bits per heavy atom. The van der Waals surface area contributed by atoms with E-state index in [-0.39, 0.29) is 5.91 Å². The predicted octanol–water partition coefficient (Wildman–Crippen LogP) is 3.61. The van der Waals surface area contributed by atoms with E-state index in [1.807, 2.05) is 31.2 Å². The van der Waals surface area contributed by atoms with Gasteiger partial charge in [0.2, 0.25) is 5.91 Å². The van der Waals surface area contributed by atoms with Gasteiger partial charge in [0.1, 0.15) is 12.4 Å². The van der Waals surface area contributed by atoms with Gasteiger partial charge in [-0.3, -0.25) is 4.79 Å². The molecular formula is C20H23NO2. The van der Waals surface area contributed by atoms with Crippen molar-refractivity contribution in [3.8, 4) is 5.75 Å². The van der Waals surface area contributed by atoms with Crippen LogP contribution in [0.5, 0.6) is 5.75 Å². The molecule has 0 bridgehead atoms. The molecule has 0 heterocycles. The number of hydrogen-bond acceptors (Lipinski definition) is 2. The lowest BCUT2D eigenvalue weighted by Gasteiger charge is -2.12. The molecule has 3 heteroatoms. The second-order valence-corrected chi connectivity index (χ2v) is 6.15. The Kier molecular flexibility index (Phi) is 4.96. The second-order valence-electron chi connectivity index (χ2n) is 6.15. The number of fused-ring (bicyclic) bond motifs is 1. The van der Waals surface area contributed by atoms with Crippen LogP contribution in [0.25, 0.3) is 0 Å². The minimum Gasteiger partial charge on any atom is -0.492 e. The van der Waals surface area contributed by atoms with Gasteiger partial charge in [0, 0.05) is 6.42 Å². The molecule has 1 unspecified atom stereocenters. The van der Waals surface area contributed by atoms with Gasteiger partial charge in [-0.1, -0.05) is 42.0 Å². The first kappa shape index (κ1) is 15.6. The summed E-state index contributed by atoms with van der Waals surface area (Å²) in [5, 5.41) is 2.96. The first-order valence-corrected chi connectivity index (χ1v) is 8.26. The summed E-state index contributed by atoms with van der Waals surface area (Å²) in [6.45, 7) is 3.09. The third-order valence-electron chi connectivity index (χ3n) is 4.40. The summed E-state index contributed by atoms with van der Waals surface area (Å²) in [6.07, 6.45) is 2.73. The van der Waals surface area contributed by atoms with Crippen LogP contribution in [0.1, 0.15) is 35.4 Å². The molecule has 1 amide bonds. The topological polar surface area (TPSA) is 38.3 Å². The minimum atomic E-state index is 0.110. The van der Waals surface area contributed by atoms with Crippen molar-refractivity contribution in [2.45, 2.75) is 32.1 Å². The number of rotatable bonds is 6. The maximum atomic E-state index is 12.1. The van der Waals surface area contributed by atoms with Crippen molar-refractivity contribution in [2.75, 3.05) is 13.2 Å². The van der Waals surface area contributed by atoms with Crippen LogP contribution in [0.3, 0.4) is 0 Å². The van der Waals surface area contributed by atoms with E-state index < -0.39 is 0 Å². The normalized spacial score (nSPS) is 16.0. The van der Waals surface area contributed by atoms with E-state index in [9.17, 15) is 4.79 Å². The van der Waals surface area contributed by atoms with Gasteiger partial charge in [-0.05, 0) is 48.9 Å². The molecule has 0 saturated heterocycles. The molecule has 2 aromatic carbocycles. The smallest absolute Gasteiger partial charge is 0.220 e. The van der Waals surface area contributed by atoms with Crippen LogP contribution in [0.15, 0.2) is 48.5 Å². The Hall–Kier alpha value is -2.29. The highest BCUT2D eigenvalue weighted by Gasteiger charge is 2.23. The highest BCUT2D eigenvalue weighted by atomic mass is 16.5. The van der Waals surface area contributed by atoms with E-state index in [1.165, 1.54) is 16.7 Å². The molecule has 3 rings (SSSR count). The highest BCUT2D eigenvalue weighted by molar-refractivity contribution is 5.77. The molecule has 1 aliphatic carbocycles. The summed E-state index contributed by atoms with van der Waals surface area (Å²) in [7, 11) is 0. The van der Waals surface area contributed by atoms with Gasteiger partial charge >= 0.3 is 0 Å². The van der Waals surface area contributed by atoms with Crippen molar-refractivity contribution < 1.29 is 9.53 Å². The minimum absolute atomic E-state index is 0.110. The average Bonchev–Trinajstić information content (AvgIpc) is 2.96. The lowest BCUT2D eigenvalue weighted by Crippen LogP contribution is -2.29. The fourth-order valence-corrected chi connectivity index (χ4v) is 3.15. The first-order chi connectivity index (χ1) is 11.2. The van der Waals surface area contributed by atoms with Crippen molar-refractivity contribution in [3.05, 3.63) is 65.2 Å². The molecule has 1 atom stereocenters. The number of benzene rings is 2. The summed E-state index contributed by atoms with van der Waals surface area (Å²) >= 11 is 0. The quantitative estimate of drug-likeness (QED) is 0.828.